The summed E-state index contributed by atoms with van der Waals surface area (Å²) < 4.78 is 0. The van der Waals surface area contributed by atoms with E-state index in [0.717, 1.165) is 17.9 Å². The van der Waals surface area contributed by atoms with Crippen LogP contribution in [0.2, 0.25) is 0 Å². The van der Waals surface area contributed by atoms with Crippen molar-refractivity contribution in [3.05, 3.63) is 23.9 Å². The van der Waals surface area contributed by atoms with E-state index in [-0.39, 0.29) is 0 Å². The molecule has 0 saturated heterocycles. The van der Waals surface area contributed by atoms with Crippen LogP contribution in [0.4, 0.5) is 5.82 Å². The molecule has 16 heavy (non-hydrogen) atoms. The molecular formula is C13H19BrN2. The Hall–Kier alpha value is -0.570. The van der Waals surface area contributed by atoms with Crippen molar-refractivity contribution in [1.82, 2.24) is 4.98 Å². The number of alkyl halides is 1. The van der Waals surface area contributed by atoms with Crippen molar-refractivity contribution in [2.75, 3.05) is 11.4 Å². The van der Waals surface area contributed by atoms with Gasteiger partial charge in [0.1, 0.15) is 5.82 Å². The fourth-order valence-electron chi connectivity index (χ4n) is 1.98. The molecule has 0 unspecified atom stereocenters. The summed E-state index contributed by atoms with van der Waals surface area (Å²) in [5, 5.41) is 0.886. The first kappa shape index (κ1) is 11.9. The molecule has 0 radical (unpaired) electrons. The van der Waals surface area contributed by atoms with Crippen LogP contribution in [0.15, 0.2) is 18.3 Å². The van der Waals surface area contributed by atoms with E-state index >= 15 is 0 Å². The van der Waals surface area contributed by atoms with Gasteiger partial charge in [-0.2, -0.15) is 0 Å². The molecular weight excluding hydrogens is 264 g/mol. The zero-order valence-corrected chi connectivity index (χ0v) is 11.6. The van der Waals surface area contributed by atoms with Crippen molar-refractivity contribution < 1.29 is 0 Å². The maximum absolute atomic E-state index is 4.56. The van der Waals surface area contributed by atoms with E-state index < -0.39 is 0 Å². The Balaban J connectivity index is 2.23. The smallest absolute Gasteiger partial charge is 0.132 e. The van der Waals surface area contributed by atoms with E-state index in [1.807, 2.05) is 12.3 Å². The third-order valence-corrected chi connectivity index (χ3v) is 3.44. The number of aromatic nitrogens is 1. The normalized spacial score (nSPS) is 15.5. The van der Waals surface area contributed by atoms with E-state index in [1.165, 1.54) is 24.2 Å². The zero-order chi connectivity index (χ0) is 11.5. The van der Waals surface area contributed by atoms with Gasteiger partial charge in [-0.05, 0) is 24.8 Å². The molecule has 1 fully saturated rings. The number of rotatable bonds is 5. The second-order valence-electron chi connectivity index (χ2n) is 4.90. The number of hydrogen-bond acceptors (Lipinski definition) is 2. The van der Waals surface area contributed by atoms with Crippen LogP contribution in [0.25, 0.3) is 0 Å². The quantitative estimate of drug-likeness (QED) is 0.767. The van der Waals surface area contributed by atoms with Gasteiger partial charge in [-0.15, -0.1) is 0 Å². The van der Waals surface area contributed by atoms with Gasteiger partial charge in [-0.1, -0.05) is 35.8 Å². The highest BCUT2D eigenvalue weighted by Crippen LogP contribution is 2.33. The highest BCUT2D eigenvalue weighted by Gasteiger charge is 2.31. The molecule has 1 aliphatic carbocycles. The predicted octanol–water partition coefficient (Wildman–Crippen LogP) is 3.60. The molecule has 1 heterocycles. The fraction of sp³-hybridized carbons (Fsp3) is 0.615. The maximum atomic E-state index is 4.56. The molecule has 0 aromatic carbocycles. The Bertz CT molecular complexity index is 348. The van der Waals surface area contributed by atoms with Crippen LogP contribution in [0.3, 0.4) is 0 Å². The third kappa shape index (κ3) is 2.76. The van der Waals surface area contributed by atoms with Crippen molar-refractivity contribution >= 4 is 21.7 Å². The first-order valence-corrected chi connectivity index (χ1v) is 7.11. The molecule has 2 rings (SSSR count). The molecule has 0 spiro atoms. The van der Waals surface area contributed by atoms with Gasteiger partial charge in [0.05, 0.1) is 0 Å². The Kier molecular flexibility index (Phi) is 3.85. The Morgan fingerprint density at radius 2 is 2.25 bits per heavy atom. The molecule has 3 heteroatoms. The van der Waals surface area contributed by atoms with Crippen LogP contribution in [0, 0.1) is 5.92 Å². The van der Waals surface area contributed by atoms with Crippen LogP contribution in [0.5, 0.6) is 0 Å². The summed E-state index contributed by atoms with van der Waals surface area (Å²) in [6, 6.07) is 4.91. The van der Waals surface area contributed by atoms with Gasteiger partial charge in [0.2, 0.25) is 0 Å². The molecule has 1 aromatic rings. The van der Waals surface area contributed by atoms with Crippen molar-refractivity contribution in [3.63, 3.8) is 0 Å². The average molecular weight is 283 g/mol. The van der Waals surface area contributed by atoms with E-state index in [2.05, 4.69) is 45.7 Å². The summed E-state index contributed by atoms with van der Waals surface area (Å²) in [7, 11) is 0. The lowest BCUT2D eigenvalue weighted by atomic mass is 10.2. The van der Waals surface area contributed by atoms with Crippen LogP contribution in [-0.4, -0.2) is 17.6 Å². The van der Waals surface area contributed by atoms with Crippen LogP contribution < -0.4 is 4.90 Å². The summed E-state index contributed by atoms with van der Waals surface area (Å²) >= 11 is 3.55. The van der Waals surface area contributed by atoms with Crippen molar-refractivity contribution in [2.45, 2.75) is 38.1 Å². The van der Waals surface area contributed by atoms with Crippen molar-refractivity contribution in [3.8, 4) is 0 Å². The largest absolute Gasteiger partial charge is 0.353 e. The molecule has 0 atom stereocenters. The van der Waals surface area contributed by atoms with Crippen molar-refractivity contribution in [1.29, 1.82) is 0 Å². The summed E-state index contributed by atoms with van der Waals surface area (Å²) in [4.78, 5) is 7.05. The standard InChI is InChI=1S/C13H19BrN2/c1-10(2)9-16(12-5-6-12)13-11(8-14)4-3-7-15-13/h3-4,7,10,12H,5-6,8-9H2,1-2H3. The van der Waals surface area contributed by atoms with Crippen molar-refractivity contribution in [2.24, 2.45) is 5.92 Å². The number of pyridine rings is 1. The monoisotopic (exact) mass is 282 g/mol. The molecule has 0 amide bonds. The van der Waals surface area contributed by atoms with Crippen LogP contribution >= 0.6 is 15.9 Å². The van der Waals surface area contributed by atoms with Gasteiger partial charge in [-0.25, -0.2) is 4.98 Å². The minimum absolute atomic E-state index is 0.686. The van der Waals surface area contributed by atoms with E-state index in [1.54, 1.807) is 0 Å². The molecule has 1 aliphatic rings. The van der Waals surface area contributed by atoms with Gasteiger partial charge in [0.15, 0.2) is 0 Å². The highest BCUT2D eigenvalue weighted by atomic mass is 79.9. The van der Waals surface area contributed by atoms with Crippen LogP contribution in [0.1, 0.15) is 32.3 Å². The number of anilines is 1. The minimum Gasteiger partial charge on any atom is -0.353 e. The average Bonchev–Trinajstić information content (AvgIpc) is 3.09. The molecule has 1 saturated carbocycles. The number of halogens is 1. The third-order valence-electron chi connectivity index (χ3n) is 2.83. The predicted molar refractivity (Wildman–Crippen MR) is 72.1 cm³/mol. The number of hydrogen-bond donors (Lipinski definition) is 0. The second kappa shape index (κ2) is 5.17. The lowest BCUT2D eigenvalue weighted by Crippen LogP contribution is -2.31. The zero-order valence-electron chi connectivity index (χ0n) is 9.99. The van der Waals surface area contributed by atoms with E-state index in [0.29, 0.717) is 5.92 Å². The Labute approximate surface area is 106 Å². The van der Waals surface area contributed by atoms with Gasteiger partial charge < -0.3 is 4.90 Å². The summed E-state index contributed by atoms with van der Waals surface area (Å²) in [6.07, 6.45) is 4.55. The first-order chi connectivity index (χ1) is 7.72. The van der Waals surface area contributed by atoms with E-state index in [9.17, 15) is 0 Å². The Morgan fingerprint density at radius 1 is 1.50 bits per heavy atom. The van der Waals surface area contributed by atoms with E-state index in [4.69, 9.17) is 0 Å². The van der Waals surface area contributed by atoms with Gasteiger partial charge in [0.25, 0.3) is 0 Å². The lowest BCUT2D eigenvalue weighted by molar-refractivity contribution is 0.601. The highest BCUT2D eigenvalue weighted by molar-refractivity contribution is 9.08. The molecule has 1 aromatic heterocycles. The fourth-order valence-corrected chi connectivity index (χ4v) is 2.42. The summed E-state index contributed by atoms with van der Waals surface area (Å²) in [6.45, 7) is 5.65. The SMILES string of the molecule is CC(C)CN(c1ncccc1CBr)C1CC1. The molecule has 88 valence electrons. The van der Waals surface area contributed by atoms with Gasteiger partial charge in [0, 0.05) is 29.7 Å². The number of nitrogens with zero attached hydrogens (tertiary/aromatic N) is 2. The van der Waals surface area contributed by atoms with Gasteiger partial charge in [-0.3, -0.25) is 0 Å². The topological polar surface area (TPSA) is 16.1 Å². The molecule has 2 nitrogen and oxygen atoms in total. The first-order valence-electron chi connectivity index (χ1n) is 5.99. The van der Waals surface area contributed by atoms with Crippen LogP contribution in [-0.2, 0) is 5.33 Å². The summed E-state index contributed by atoms with van der Waals surface area (Å²) in [5.74, 6) is 1.86. The Morgan fingerprint density at radius 3 is 2.81 bits per heavy atom. The maximum Gasteiger partial charge on any atom is 0.132 e. The lowest BCUT2D eigenvalue weighted by Gasteiger charge is -2.27. The van der Waals surface area contributed by atoms with Gasteiger partial charge >= 0.3 is 0 Å². The summed E-state index contributed by atoms with van der Waals surface area (Å²) in [5.41, 5.74) is 1.30. The molecule has 0 aliphatic heterocycles. The molecule has 0 N–H and O–H groups in total. The second-order valence-corrected chi connectivity index (χ2v) is 5.46. The minimum atomic E-state index is 0.686. The molecule has 0 bridgehead atoms.